The summed E-state index contributed by atoms with van der Waals surface area (Å²) in [6, 6.07) is 4.26. The molecular weight excluding hydrogens is 404 g/mol. The number of aliphatic hydroxyl groups is 1. The standard InChI is InChI=1S/C23H29F2N3O3/c1-3-30-21-18(11-26-22(27-21)31-4-2)23(29)16-6-5-7-17(23)14-28(13-16)12-15-8-9-19(24)20(25)10-15/h8-11,16-17,29H,3-7,12-14H2,1-2H3. The van der Waals surface area contributed by atoms with Crippen molar-refractivity contribution in [3.8, 4) is 11.9 Å². The number of fused-ring (bicyclic) bond motifs is 2. The molecule has 2 bridgehead atoms. The number of hydrogen-bond acceptors (Lipinski definition) is 6. The lowest BCUT2D eigenvalue weighted by atomic mass is 9.63. The predicted molar refractivity (Wildman–Crippen MR) is 111 cm³/mol. The van der Waals surface area contributed by atoms with Crippen LogP contribution in [0.25, 0.3) is 0 Å². The number of aromatic nitrogens is 2. The first kappa shape index (κ1) is 21.9. The first-order chi connectivity index (χ1) is 15.0. The molecule has 1 aromatic carbocycles. The Labute approximate surface area is 181 Å². The van der Waals surface area contributed by atoms with Gasteiger partial charge >= 0.3 is 6.01 Å². The Hall–Kier alpha value is -2.32. The van der Waals surface area contributed by atoms with Crippen LogP contribution in [0, 0.1) is 23.5 Å². The molecule has 31 heavy (non-hydrogen) atoms. The van der Waals surface area contributed by atoms with Crippen LogP contribution in [0.3, 0.4) is 0 Å². The van der Waals surface area contributed by atoms with Gasteiger partial charge in [-0.2, -0.15) is 4.98 Å². The zero-order valence-corrected chi connectivity index (χ0v) is 18.0. The lowest BCUT2D eigenvalue weighted by Gasteiger charge is -2.53. The molecule has 4 rings (SSSR count). The molecule has 8 heteroatoms. The van der Waals surface area contributed by atoms with E-state index in [0.29, 0.717) is 44.3 Å². The van der Waals surface area contributed by atoms with Gasteiger partial charge in [0.2, 0.25) is 5.88 Å². The van der Waals surface area contributed by atoms with Crippen LogP contribution < -0.4 is 9.47 Å². The van der Waals surface area contributed by atoms with Crippen LogP contribution in [0.4, 0.5) is 8.78 Å². The average Bonchev–Trinajstić information content (AvgIpc) is 2.72. The first-order valence-electron chi connectivity index (χ1n) is 11.0. The molecule has 0 spiro atoms. The van der Waals surface area contributed by atoms with E-state index in [9.17, 15) is 13.9 Å². The summed E-state index contributed by atoms with van der Waals surface area (Å²) in [5.74, 6) is -1.38. The van der Waals surface area contributed by atoms with Gasteiger partial charge in [0.05, 0.1) is 18.8 Å². The van der Waals surface area contributed by atoms with Crippen LogP contribution in [-0.4, -0.2) is 46.3 Å². The Morgan fingerprint density at radius 1 is 1.10 bits per heavy atom. The molecule has 2 aliphatic rings. The highest BCUT2D eigenvalue weighted by molar-refractivity contribution is 5.34. The Balaban J connectivity index is 1.60. The monoisotopic (exact) mass is 433 g/mol. The van der Waals surface area contributed by atoms with E-state index >= 15 is 0 Å². The van der Waals surface area contributed by atoms with Gasteiger partial charge in [-0.05, 0) is 44.4 Å². The molecule has 1 aliphatic heterocycles. The van der Waals surface area contributed by atoms with Crippen molar-refractivity contribution in [2.24, 2.45) is 11.8 Å². The van der Waals surface area contributed by atoms with E-state index < -0.39 is 17.2 Å². The highest BCUT2D eigenvalue weighted by Gasteiger charge is 2.53. The maximum Gasteiger partial charge on any atom is 0.319 e. The van der Waals surface area contributed by atoms with E-state index in [-0.39, 0.29) is 17.8 Å². The van der Waals surface area contributed by atoms with Gasteiger partial charge < -0.3 is 14.6 Å². The molecule has 2 unspecified atom stereocenters. The number of nitrogens with zero attached hydrogens (tertiary/aromatic N) is 3. The van der Waals surface area contributed by atoms with Gasteiger partial charge in [0, 0.05) is 37.7 Å². The second kappa shape index (κ2) is 9.04. The van der Waals surface area contributed by atoms with Gasteiger partial charge in [-0.25, -0.2) is 13.8 Å². The summed E-state index contributed by atoms with van der Waals surface area (Å²) in [4.78, 5) is 10.9. The number of halogens is 2. The Morgan fingerprint density at radius 3 is 2.45 bits per heavy atom. The van der Waals surface area contributed by atoms with Gasteiger partial charge in [0.1, 0.15) is 5.60 Å². The van der Waals surface area contributed by atoms with Gasteiger partial charge in [-0.1, -0.05) is 12.5 Å². The van der Waals surface area contributed by atoms with Crippen molar-refractivity contribution >= 4 is 0 Å². The van der Waals surface area contributed by atoms with Gasteiger partial charge in [-0.15, -0.1) is 0 Å². The quantitative estimate of drug-likeness (QED) is 0.719. The summed E-state index contributed by atoms with van der Waals surface area (Å²) < 4.78 is 38.1. The molecule has 1 aliphatic carbocycles. The maximum atomic E-state index is 13.6. The number of ether oxygens (including phenoxy) is 2. The van der Waals surface area contributed by atoms with Crippen molar-refractivity contribution in [3.63, 3.8) is 0 Å². The summed E-state index contributed by atoms with van der Waals surface area (Å²) in [6.07, 6.45) is 4.40. The van der Waals surface area contributed by atoms with Crippen molar-refractivity contribution in [1.82, 2.24) is 14.9 Å². The molecule has 168 valence electrons. The molecule has 2 fully saturated rings. The average molecular weight is 433 g/mol. The van der Waals surface area contributed by atoms with Crippen molar-refractivity contribution in [2.45, 2.75) is 45.3 Å². The van der Waals surface area contributed by atoms with Crippen LogP contribution in [0.15, 0.2) is 24.4 Å². The van der Waals surface area contributed by atoms with E-state index in [4.69, 9.17) is 9.47 Å². The molecule has 1 saturated carbocycles. The molecule has 6 nitrogen and oxygen atoms in total. The molecule has 1 saturated heterocycles. The zero-order chi connectivity index (χ0) is 22.0. The normalized spacial score (nSPS) is 26.0. The molecular formula is C23H29F2N3O3. The highest BCUT2D eigenvalue weighted by atomic mass is 19.2. The number of rotatable bonds is 7. The molecule has 2 heterocycles. The van der Waals surface area contributed by atoms with Crippen molar-refractivity contribution in [1.29, 1.82) is 0 Å². The summed E-state index contributed by atoms with van der Waals surface area (Å²) in [6.45, 7) is 6.40. The van der Waals surface area contributed by atoms with E-state index in [1.807, 2.05) is 13.8 Å². The summed E-state index contributed by atoms with van der Waals surface area (Å²) >= 11 is 0. The topological polar surface area (TPSA) is 67.7 Å². The molecule has 0 radical (unpaired) electrons. The summed E-state index contributed by atoms with van der Waals surface area (Å²) in [5.41, 5.74) is 0.236. The van der Waals surface area contributed by atoms with Gasteiger partial charge in [-0.3, -0.25) is 4.90 Å². The Morgan fingerprint density at radius 2 is 1.81 bits per heavy atom. The van der Waals surface area contributed by atoms with Crippen molar-refractivity contribution in [2.75, 3.05) is 26.3 Å². The van der Waals surface area contributed by atoms with Gasteiger partial charge in [0.25, 0.3) is 0 Å². The van der Waals surface area contributed by atoms with E-state index in [2.05, 4.69) is 14.9 Å². The zero-order valence-electron chi connectivity index (χ0n) is 18.0. The predicted octanol–water partition coefficient (Wildman–Crippen LogP) is 3.67. The van der Waals surface area contributed by atoms with Crippen LogP contribution in [0.5, 0.6) is 11.9 Å². The molecule has 2 aromatic rings. The second-order valence-corrected chi connectivity index (χ2v) is 8.33. The third kappa shape index (κ3) is 4.23. The highest BCUT2D eigenvalue weighted by Crippen LogP contribution is 2.51. The second-order valence-electron chi connectivity index (χ2n) is 8.33. The summed E-state index contributed by atoms with van der Waals surface area (Å²) in [7, 11) is 0. The van der Waals surface area contributed by atoms with E-state index in [0.717, 1.165) is 30.9 Å². The molecule has 2 atom stereocenters. The number of likely N-dealkylation sites (tertiary alicyclic amines) is 1. The third-order valence-electron chi connectivity index (χ3n) is 6.41. The minimum Gasteiger partial charge on any atom is -0.478 e. The van der Waals surface area contributed by atoms with Crippen LogP contribution in [0.2, 0.25) is 0 Å². The lowest BCUT2D eigenvalue weighted by Crippen LogP contribution is -2.58. The Kier molecular flexibility index (Phi) is 6.39. The maximum absolute atomic E-state index is 13.6. The minimum atomic E-state index is -1.10. The van der Waals surface area contributed by atoms with Gasteiger partial charge in [0.15, 0.2) is 11.6 Å². The minimum absolute atomic E-state index is 0.0361. The fourth-order valence-corrected chi connectivity index (χ4v) is 5.08. The van der Waals surface area contributed by atoms with E-state index in [1.165, 1.54) is 6.07 Å². The number of piperidine rings is 1. The molecule has 1 N–H and O–H groups in total. The summed E-state index contributed by atoms with van der Waals surface area (Å²) in [5, 5.41) is 12.0. The smallest absolute Gasteiger partial charge is 0.319 e. The van der Waals surface area contributed by atoms with Crippen LogP contribution >= 0.6 is 0 Å². The van der Waals surface area contributed by atoms with Crippen molar-refractivity contribution < 1.29 is 23.4 Å². The first-order valence-corrected chi connectivity index (χ1v) is 11.0. The van der Waals surface area contributed by atoms with E-state index in [1.54, 1.807) is 12.3 Å². The van der Waals surface area contributed by atoms with Crippen LogP contribution in [0.1, 0.15) is 44.2 Å². The fourth-order valence-electron chi connectivity index (χ4n) is 5.08. The third-order valence-corrected chi connectivity index (χ3v) is 6.41. The Bertz CT molecular complexity index is 913. The molecule has 1 aromatic heterocycles. The number of hydrogen-bond donors (Lipinski definition) is 1. The SMILES string of the molecule is CCOc1ncc(C2(O)C3CCCC2CN(Cc2ccc(F)c(F)c2)C3)c(OCC)n1. The fraction of sp³-hybridized carbons (Fsp3) is 0.565. The van der Waals surface area contributed by atoms with Crippen molar-refractivity contribution in [3.05, 3.63) is 47.2 Å². The largest absolute Gasteiger partial charge is 0.478 e. The lowest BCUT2D eigenvalue weighted by molar-refractivity contribution is -0.150. The molecule has 0 amide bonds. The van der Waals surface area contributed by atoms with Crippen LogP contribution in [-0.2, 0) is 12.1 Å². The number of benzene rings is 1.